The summed E-state index contributed by atoms with van der Waals surface area (Å²) >= 11 is 11.4. The van der Waals surface area contributed by atoms with Crippen LogP contribution in [0.15, 0.2) is 18.2 Å². The minimum Gasteiger partial charge on any atom is -0.166 e. The first-order chi connectivity index (χ1) is 6.88. The molecule has 84 valence electrons. The summed E-state index contributed by atoms with van der Waals surface area (Å²) in [5, 5.41) is -0.973. The highest BCUT2D eigenvalue weighted by molar-refractivity contribution is 6.31. The first-order valence-electron chi connectivity index (χ1n) is 4.37. The van der Waals surface area contributed by atoms with Crippen LogP contribution in [0.3, 0.4) is 0 Å². The highest BCUT2D eigenvalue weighted by Gasteiger charge is 2.36. The van der Waals surface area contributed by atoms with Crippen molar-refractivity contribution in [3.05, 3.63) is 34.3 Å². The maximum atomic E-state index is 12.7. The van der Waals surface area contributed by atoms with Crippen LogP contribution in [0.25, 0.3) is 0 Å². The fourth-order valence-corrected chi connectivity index (χ4v) is 1.79. The Hall–Kier alpha value is -0.410. The van der Waals surface area contributed by atoms with E-state index in [1.165, 1.54) is 18.2 Å². The average Bonchev–Trinajstić information content (AvgIpc) is 2.14. The summed E-state index contributed by atoms with van der Waals surface area (Å²) in [5.41, 5.74) is -0.785. The van der Waals surface area contributed by atoms with Gasteiger partial charge in [-0.05, 0) is 18.1 Å². The fourth-order valence-electron chi connectivity index (χ4n) is 1.32. The molecule has 0 radical (unpaired) electrons. The molecule has 0 saturated carbocycles. The normalized spacial score (nSPS) is 14.0. The minimum atomic E-state index is -4.46. The second kappa shape index (κ2) is 4.62. The molecule has 0 aromatic heterocycles. The Morgan fingerprint density at radius 1 is 1.33 bits per heavy atom. The fraction of sp³-hybridized carbons (Fsp3) is 0.400. The van der Waals surface area contributed by atoms with Crippen molar-refractivity contribution in [1.82, 2.24) is 0 Å². The van der Waals surface area contributed by atoms with Crippen LogP contribution < -0.4 is 0 Å². The quantitative estimate of drug-likeness (QED) is 0.650. The summed E-state index contributed by atoms with van der Waals surface area (Å²) in [4.78, 5) is 0. The summed E-state index contributed by atoms with van der Waals surface area (Å²) < 4.78 is 38.0. The minimum absolute atomic E-state index is 0.0409. The Bertz CT molecular complexity index is 347. The Balaban J connectivity index is 3.33. The molecule has 0 aliphatic carbocycles. The van der Waals surface area contributed by atoms with Crippen molar-refractivity contribution in [3.63, 3.8) is 0 Å². The summed E-state index contributed by atoms with van der Waals surface area (Å²) in [7, 11) is 0. The zero-order chi connectivity index (χ0) is 11.6. The first kappa shape index (κ1) is 12.7. The van der Waals surface area contributed by atoms with Gasteiger partial charge in [0.15, 0.2) is 0 Å². The van der Waals surface area contributed by atoms with Crippen molar-refractivity contribution in [2.45, 2.75) is 24.9 Å². The molecule has 1 aromatic carbocycles. The lowest BCUT2D eigenvalue weighted by molar-refractivity contribution is -0.138. The molecule has 1 aromatic rings. The van der Waals surface area contributed by atoms with E-state index in [1.807, 2.05) is 0 Å². The third-order valence-electron chi connectivity index (χ3n) is 2.03. The maximum absolute atomic E-state index is 12.7. The molecule has 1 unspecified atom stereocenters. The van der Waals surface area contributed by atoms with Crippen LogP contribution in [0, 0.1) is 0 Å². The molecule has 0 aliphatic heterocycles. The summed E-state index contributed by atoms with van der Waals surface area (Å²) in [6.45, 7) is 1.72. The van der Waals surface area contributed by atoms with Crippen LogP contribution in [-0.2, 0) is 6.18 Å². The summed E-state index contributed by atoms with van der Waals surface area (Å²) in [6.07, 6.45) is -4.04. The van der Waals surface area contributed by atoms with E-state index in [0.29, 0.717) is 6.42 Å². The highest BCUT2D eigenvalue weighted by Crippen LogP contribution is 2.41. The lowest BCUT2D eigenvalue weighted by atomic mass is 10.0. The van der Waals surface area contributed by atoms with Crippen molar-refractivity contribution < 1.29 is 13.2 Å². The second-order valence-electron chi connectivity index (χ2n) is 3.08. The van der Waals surface area contributed by atoms with Gasteiger partial charge in [-0.15, -0.1) is 11.6 Å². The molecule has 0 fully saturated rings. The van der Waals surface area contributed by atoms with E-state index >= 15 is 0 Å². The Morgan fingerprint density at radius 3 is 2.40 bits per heavy atom. The smallest absolute Gasteiger partial charge is 0.166 e. The third kappa shape index (κ3) is 2.79. The van der Waals surface area contributed by atoms with Crippen molar-refractivity contribution in [3.8, 4) is 0 Å². The zero-order valence-electron chi connectivity index (χ0n) is 7.91. The summed E-state index contributed by atoms with van der Waals surface area (Å²) in [6, 6.07) is 4.04. The average molecular weight is 257 g/mol. The van der Waals surface area contributed by atoms with Crippen molar-refractivity contribution in [2.24, 2.45) is 0 Å². The van der Waals surface area contributed by atoms with Gasteiger partial charge in [0.1, 0.15) is 0 Å². The Kier molecular flexibility index (Phi) is 3.90. The molecule has 1 atom stereocenters. The van der Waals surface area contributed by atoms with Crippen LogP contribution >= 0.6 is 23.2 Å². The first-order valence-corrected chi connectivity index (χ1v) is 5.19. The van der Waals surface area contributed by atoms with Crippen molar-refractivity contribution in [2.75, 3.05) is 0 Å². The van der Waals surface area contributed by atoms with Gasteiger partial charge in [0.05, 0.1) is 16.0 Å². The zero-order valence-corrected chi connectivity index (χ0v) is 9.42. The van der Waals surface area contributed by atoms with E-state index in [1.54, 1.807) is 6.92 Å². The van der Waals surface area contributed by atoms with Crippen LogP contribution in [0.5, 0.6) is 0 Å². The standard InChI is InChI=1S/C10H9Cl2F3/c1-2-7(11)6-4-3-5-8(12)9(6)10(13,14)15/h3-5,7H,2H2,1H3. The van der Waals surface area contributed by atoms with Crippen molar-refractivity contribution in [1.29, 1.82) is 0 Å². The van der Waals surface area contributed by atoms with E-state index < -0.39 is 17.1 Å². The van der Waals surface area contributed by atoms with Crippen LogP contribution in [0.1, 0.15) is 29.8 Å². The maximum Gasteiger partial charge on any atom is 0.418 e. The van der Waals surface area contributed by atoms with E-state index in [4.69, 9.17) is 23.2 Å². The third-order valence-corrected chi connectivity index (χ3v) is 2.88. The monoisotopic (exact) mass is 256 g/mol. The molecule has 0 bridgehead atoms. The van der Waals surface area contributed by atoms with Crippen LogP contribution in [0.4, 0.5) is 13.2 Å². The lowest BCUT2D eigenvalue weighted by Gasteiger charge is -2.17. The molecule has 5 heteroatoms. The molecule has 0 heterocycles. The molecule has 0 nitrogen and oxygen atoms in total. The van der Waals surface area contributed by atoms with E-state index in [9.17, 15) is 13.2 Å². The number of hydrogen-bond donors (Lipinski definition) is 0. The lowest BCUT2D eigenvalue weighted by Crippen LogP contribution is -2.11. The Labute approximate surface area is 96.0 Å². The van der Waals surface area contributed by atoms with Gasteiger partial charge >= 0.3 is 6.18 Å². The SMILES string of the molecule is CCC(Cl)c1cccc(Cl)c1C(F)(F)F. The molecule has 15 heavy (non-hydrogen) atoms. The number of rotatable bonds is 2. The van der Waals surface area contributed by atoms with Gasteiger partial charge < -0.3 is 0 Å². The molecular weight excluding hydrogens is 248 g/mol. The van der Waals surface area contributed by atoms with Gasteiger partial charge in [0.2, 0.25) is 0 Å². The topological polar surface area (TPSA) is 0 Å². The second-order valence-corrected chi connectivity index (χ2v) is 4.01. The van der Waals surface area contributed by atoms with Gasteiger partial charge in [-0.2, -0.15) is 13.2 Å². The molecule has 0 amide bonds. The van der Waals surface area contributed by atoms with Crippen LogP contribution in [0.2, 0.25) is 5.02 Å². The predicted molar refractivity (Wildman–Crippen MR) is 55.3 cm³/mol. The Morgan fingerprint density at radius 2 is 1.93 bits per heavy atom. The molecule has 0 spiro atoms. The van der Waals surface area contributed by atoms with E-state index in [2.05, 4.69) is 0 Å². The number of halogens is 5. The molecule has 0 saturated heterocycles. The highest BCUT2D eigenvalue weighted by atomic mass is 35.5. The predicted octanol–water partition coefficient (Wildman–Crippen LogP) is 5.05. The van der Waals surface area contributed by atoms with Gasteiger partial charge in [0, 0.05) is 0 Å². The molecular formula is C10H9Cl2F3. The van der Waals surface area contributed by atoms with Gasteiger partial charge in [-0.1, -0.05) is 30.7 Å². The molecule has 0 N–H and O–H groups in total. The molecule has 1 rings (SSSR count). The molecule has 0 aliphatic rings. The van der Waals surface area contributed by atoms with Gasteiger partial charge in [0.25, 0.3) is 0 Å². The van der Waals surface area contributed by atoms with E-state index in [0.717, 1.165) is 0 Å². The van der Waals surface area contributed by atoms with E-state index in [-0.39, 0.29) is 10.6 Å². The van der Waals surface area contributed by atoms with Crippen LogP contribution in [-0.4, -0.2) is 0 Å². The number of alkyl halides is 4. The largest absolute Gasteiger partial charge is 0.418 e. The summed E-state index contributed by atoms with van der Waals surface area (Å²) in [5.74, 6) is 0. The van der Waals surface area contributed by atoms with Crippen molar-refractivity contribution >= 4 is 23.2 Å². The number of benzene rings is 1. The number of hydrogen-bond acceptors (Lipinski definition) is 0. The van der Waals surface area contributed by atoms with Gasteiger partial charge in [-0.25, -0.2) is 0 Å². The van der Waals surface area contributed by atoms with Gasteiger partial charge in [-0.3, -0.25) is 0 Å².